The summed E-state index contributed by atoms with van der Waals surface area (Å²) in [4.78, 5) is 43.0. The Kier molecular flexibility index (Phi) is 5.61. The molecule has 2 aromatic heterocycles. The Morgan fingerprint density at radius 2 is 1.59 bits per heavy atom. The van der Waals surface area contributed by atoms with Gasteiger partial charge in [-0.15, -0.1) is 0 Å². The molecule has 5 aromatic rings. The van der Waals surface area contributed by atoms with Gasteiger partial charge in [0.25, 0.3) is 11.9 Å². The minimum atomic E-state index is -0.611. The van der Waals surface area contributed by atoms with Gasteiger partial charge in [0.2, 0.25) is 5.43 Å². The lowest BCUT2D eigenvalue weighted by atomic mass is 10.1. The quantitative estimate of drug-likeness (QED) is 0.264. The monoisotopic (exact) mass is 519 g/mol. The van der Waals surface area contributed by atoms with Crippen LogP contribution < -0.4 is 21.5 Å². The Balaban J connectivity index is 1.55. The summed E-state index contributed by atoms with van der Waals surface area (Å²) < 4.78 is 10.8. The van der Waals surface area contributed by atoms with Crippen LogP contribution in [0.15, 0.2) is 102 Å². The first-order chi connectivity index (χ1) is 18.8. The molecule has 0 saturated heterocycles. The molecule has 0 radical (unpaired) electrons. The number of nitrogens with one attached hydrogen (secondary N) is 1. The van der Waals surface area contributed by atoms with E-state index in [4.69, 9.17) is 8.83 Å². The van der Waals surface area contributed by atoms with E-state index in [0.717, 1.165) is 11.1 Å². The topological polar surface area (TPSA) is 125 Å². The summed E-state index contributed by atoms with van der Waals surface area (Å²) in [6.45, 7) is 3.64. The maximum atomic E-state index is 13.3. The van der Waals surface area contributed by atoms with E-state index < -0.39 is 22.9 Å². The third-order valence-electron chi connectivity index (χ3n) is 6.52. The van der Waals surface area contributed by atoms with Crippen LogP contribution in [0.1, 0.15) is 22.3 Å². The Morgan fingerprint density at radius 1 is 0.846 bits per heavy atom. The van der Waals surface area contributed by atoms with Crippen LogP contribution in [0.25, 0.3) is 28.0 Å². The predicted octanol–water partition coefficient (Wildman–Crippen LogP) is 4.56. The van der Waals surface area contributed by atoms with Crippen molar-refractivity contribution in [1.29, 1.82) is 0 Å². The largest absolute Gasteiger partial charge is 0.480 e. The number of amidine groups is 1. The summed E-state index contributed by atoms with van der Waals surface area (Å²) in [5, 5.41) is 13.0. The average molecular weight is 520 g/mol. The van der Waals surface area contributed by atoms with Crippen molar-refractivity contribution in [2.45, 2.75) is 13.8 Å². The van der Waals surface area contributed by atoms with Crippen molar-refractivity contribution >= 4 is 45.4 Å². The number of carbonyl (C=O) groups excluding carboxylic acids is 1. The van der Waals surface area contributed by atoms with E-state index in [1.807, 2.05) is 50.2 Å². The number of aryl methyl sites for hydroxylation is 2. The molecule has 0 bridgehead atoms. The first-order valence-electron chi connectivity index (χ1n) is 12.1. The number of hydrazine groups is 1. The molecule has 1 aliphatic heterocycles. The van der Waals surface area contributed by atoms with Crippen molar-refractivity contribution in [3.8, 4) is 5.95 Å². The molecule has 2 N–H and O–H groups in total. The molecule has 0 spiro atoms. The van der Waals surface area contributed by atoms with Crippen LogP contribution in [-0.2, 0) is 4.79 Å². The Morgan fingerprint density at radius 3 is 2.38 bits per heavy atom. The second-order valence-corrected chi connectivity index (χ2v) is 9.14. The lowest BCUT2D eigenvalue weighted by molar-refractivity contribution is -0.117. The summed E-state index contributed by atoms with van der Waals surface area (Å²) >= 11 is 0. The molecule has 192 valence electrons. The highest BCUT2D eigenvalue weighted by Gasteiger charge is 2.29. The van der Waals surface area contributed by atoms with Gasteiger partial charge in [-0.2, -0.15) is 0 Å². The van der Waals surface area contributed by atoms with Crippen molar-refractivity contribution in [3.63, 3.8) is 0 Å². The molecule has 1 aliphatic rings. The minimum absolute atomic E-state index is 0.0939. The Hall–Kier alpha value is -5.44. The van der Waals surface area contributed by atoms with E-state index in [1.54, 1.807) is 35.3 Å². The third-order valence-corrected chi connectivity index (χ3v) is 6.52. The SMILES string of the molecule is Cc1cc2oc(=O)cc(C)c2cc1N1NC(=O)/C(=C\c2c(O)oc3ccccc3c2=O)N=C1c1ccccc1. The van der Waals surface area contributed by atoms with E-state index in [-0.39, 0.29) is 22.2 Å². The molecule has 0 aliphatic carbocycles. The van der Waals surface area contributed by atoms with Gasteiger partial charge < -0.3 is 13.9 Å². The van der Waals surface area contributed by atoms with Gasteiger partial charge in [0, 0.05) is 17.0 Å². The number of fused-ring (bicyclic) bond motifs is 2. The number of aliphatic imine (C=N–C) groups is 1. The van der Waals surface area contributed by atoms with E-state index in [9.17, 15) is 19.5 Å². The van der Waals surface area contributed by atoms with Crippen molar-refractivity contribution in [1.82, 2.24) is 5.43 Å². The van der Waals surface area contributed by atoms with Crippen molar-refractivity contribution in [2.24, 2.45) is 4.99 Å². The van der Waals surface area contributed by atoms with Gasteiger partial charge in [0.05, 0.1) is 11.1 Å². The van der Waals surface area contributed by atoms with Gasteiger partial charge in [0.15, 0.2) is 5.84 Å². The van der Waals surface area contributed by atoms with Gasteiger partial charge in [-0.1, -0.05) is 42.5 Å². The van der Waals surface area contributed by atoms with Crippen LogP contribution in [0.3, 0.4) is 0 Å². The van der Waals surface area contributed by atoms with Gasteiger partial charge in [-0.25, -0.2) is 14.8 Å². The maximum absolute atomic E-state index is 13.3. The number of benzene rings is 3. The Bertz CT molecular complexity index is 1990. The zero-order chi connectivity index (χ0) is 27.3. The van der Waals surface area contributed by atoms with E-state index >= 15 is 0 Å². The lowest BCUT2D eigenvalue weighted by Gasteiger charge is -2.31. The molecule has 3 heterocycles. The van der Waals surface area contributed by atoms with E-state index in [1.165, 1.54) is 12.1 Å². The van der Waals surface area contributed by atoms with Gasteiger partial charge in [0.1, 0.15) is 22.4 Å². The standard InChI is InChI=1S/C30H21N3O6/c1-16-13-26(34)38-25-12-17(2)23(15-20(16)25)33-28(18-8-4-3-5-9-18)31-22(29(36)32-33)14-21-27(35)19-10-6-7-11-24(19)39-30(21)37/h3-15,37H,1-2H3,(H,32,36)/b22-14+. The number of carbonyl (C=O) groups is 1. The second kappa shape index (κ2) is 9.14. The first-order valence-corrected chi connectivity index (χ1v) is 12.1. The molecule has 9 heteroatoms. The van der Waals surface area contributed by atoms with Crippen molar-refractivity contribution in [3.05, 3.63) is 121 Å². The summed E-state index contributed by atoms with van der Waals surface area (Å²) in [7, 11) is 0. The molecule has 39 heavy (non-hydrogen) atoms. The summed E-state index contributed by atoms with van der Waals surface area (Å²) in [5.74, 6) is -0.832. The minimum Gasteiger partial charge on any atom is -0.480 e. The number of rotatable bonds is 3. The fourth-order valence-corrected chi connectivity index (χ4v) is 4.58. The molecular weight excluding hydrogens is 498 g/mol. The number of hydrogen-bond donors (Lipinski definition) is 2. The zero-order valence-corrected chi connectivity index (χ0v) is 20.9. The van der Waals surface area contributed by atoms with Crippen LogP contribution in [-0.4, -0.2) is 16.8 Å². The maximum Gasteiger partial charge on any atom is 0.336 e. The highest BCUT2D eigenvalue weighted by molar-refractivity contribution is 6.18. The van der Waals surface area contributed by atoms with Gasteiger partial charge in [-0.3, -0.25) is 15.0 Å². The fraction of sp³-hybridized carbons (Fsp3) is 0.0667. The van der Waals surface area contributed by atoms with Crippen LogP contribution in [0, 0.1) is 13.8 Å². The number of para-hydroxylation sites is 1. The highest BCUT2D eigenvalue weighted by Crippen LogP contribution is 2.31. The molecule has 6 rings (SSSR count). The third kappa shape index (κ3) is 4.15. The van der Waals surface area contributed by atoms with E-state index in [0.29, 0.717) is 28.1 Å². The van der Waals surface area contributed by atoms with Crippen molar-refractivity contribution < 1.29 is 18.7 Å². The number of aromatic hydroxyl groups is 1. The highest BCUT2D eigenvalue weighted by atomic mass is 16.5. The van der Waals surface area contributed by atoms with Crippen LogP contribution in [0.2, 0.25) is 0 Å². The lowest BCUT2D eigenvalue weighted by Crippen LogP contribution is -2.51. The molecule has 0 unspecified atom stereocenters. The molecule has 3 aromatic carbocycles. The number of anilines is 1. The van der Waals surface area contributed by atoms with E-state index in [2.05, 4.69) is 10.4 Å². The molecule has 0 fully saturated rings. The van der Waals surface area contributed by atoms with Crippen molar-refractivity contribution in [2.75, 3.05) is 5.01 Å². The average Bonchev–Trinajstić information content (AvgIpc) is 2.91. The predicted molar refractivity (Wildman–Crippen MR) is 148 cm³/mol. The number of amides is 1. The molecule has 9 nitrogen and oxygen atoms in total. The molecule has 0 atom stereocenters. The Labute approximate surface area is 220 Å². The normalized spacial score (nSPS) is 14.6. The smallest absolute Gasteiger partial charge is 0.336 e. The first kappa shape index (κ1) is 23.9. The second-order valence-electron chi connectivity index (χ2n) is 9.14. The summed E-state index contributed by atoms with van der Waals surface area (Å²) in [6, 6.07) is 20.7. The molecule has 0 saturated carbocycles. The van der Waals surface area contributed by atoms with Gasteiger partial charge >= 0.3 is 5.63 Å². The zero-order valence-electron chi connectivity index (χ0n) is 20.9. The fourth-order valence-electron chi connectivity index (χ4n) is 4.58. The molecule has 1 amide bonds. The van der Waals surface area contributed by atoms with Crippen LogP contribution in [0.5, 0.6) is 5.95 Å². The molecular formula is C30H21N3O6. The number of nitrogens with zero attached hydrogens (tertiary/aromatic N) is 2. The van der Waals surface area contributed by atoms with Gasteiger partial charge in [-0.05, 0) is 55.3 Å². The van der Waals surface area contributed by atoms with Crippen LogP contribution in [0.4, 0.5) is 5.69 Å². The summed E-state index contributed by atoms with van der Waals surface area (Å²) in [6.07, 6.45) is 1.22. The number of hydrogen-bond acceptors (Lipinski definition) is 8. The summed E-state index contributed by atoms with van der Waals surface area (Å²) in [5.41, 5.74) is 5.05. The van der Waals surface area contributed by atoms with Crippen LogP contribution >= 0.6 is 0 Å².